The highest BCUT2D eigenvalue weighted by Crippen LogP contribution is 2.40. The molecule has 7 nitrogen and oxygen atoms in total. The predicted molar refractivity (Wildman–Crippen MR) is 118 cm³/mol. The van der Waals surface area contributed by atoms with Gasteiger partial charge in [-0.05, 0) is 43.2 Å². The maximum absolute atomic E-state index is 12.5. The van der Waals surface area contributed by atoms with Gasteiger partial charge in [0.2, 0.25) is 5.91 Å². The zero-order valence-electron chi connectivity index (χ0n) is 17.7. The van der Waals surface area contributed by atoms with Gasteiger partial charge in [-0.3, -0.25) is 9.59 Å². The minimum atomic E-state index is -0.151. The summed E-state index contributed by atoms with van der Waals surface area (Å²) in [6.45, 7) is 4.12. The number of nitrogens with one attached hydrogen (secondary N) is 3. The van der Waals surface area contributed by atoms with Gasteiger partial charge < -0.3 is 25.4 Å². The molecule has 0 saturated carbocycles. The third-order valence-electron chi connectivity index (χ3n) is 4.86. The van der Waals surface area contributed by atoms with E-state index >= 15 is 0 Å². The Morgan fingerprint density at radius 2 is 1.80 bits per heavy atom. The lowest BCUT2D eigenvalue weighted by molar-refractivity contribution is -0.119. The summed E-state index contributed by atoms with van der Waals surface area (Å²) >= 11 is 0. The highest BCUT2D eigenvalue weighted by Gasteiger charge is 2.27. The Morgan fingerprint density at radius 1 is 1.13 bits per heavy atom. The number of rotatable bonds is 8. The molecule has 1 unspecified atom stereocenters. The number of hydrogen-bond donors (Lipinski definition) is 3. The lowest BCUT2D eigenvalue weighted by Gasteiger charge is -2.13. The van der Waals surface area contributed by atoms with E-state index in [0.717, 1.165) is 23.2 Å². The van der Waals surface area contributed by atoms with E-state index in [-0.39, 0.29) is 17.9 Å². The summed E-state index contributed by atoms with van der Waals surface area (Å²) < 4.78 is 10.7. The zero-order chi connectivity index (χ0) is 21.7. The van der Waals surface area contributed by atoms with E-state index in [9.17, 15) is 9.59 Å². The van der Waals surface area contributed by atoms with Crippen molar-refractivity contribution in [2.45, 2.75) is 26.3 Å². The van der Waals surface area contributed by atoms with E-state index in [1.54, 1.807) is 20.3 Å². The van der Waals surface area contributed by atoms with Crippen LogP contribution in [0.15, 0.2) is 42.5 Å². The van der Waals surface area contributed by atoms with Crippen molar-refractivity contribution in [3.8, 4) is 11.5 Å². The van der Waals surface area contributed by atoms with Crippen molar-refractivity contribution in [2.75, 3.05) is 31.4 Å². The minimum absolute atomic E-state index is 0.0243. The second-order valence-corrected chi connectivity index (χ2v) is 7.15. The quantitative estimate of drug-likeness (QED) is 0.583. The Hall–Kier alpha value is -3.48. The molecule has 0 aliphatic carbocycles. The number of carbonyl (C=O) groups is 2. The second-order valence-electron chi connectivity index (χ2n) is 7.15. The van der Waals surface area contributed by atoms with Crippen LogP contribution in [0.5, 0.6) is 11.5 Å². The summed E-state index contributed by atoms with van der Waals surface area (Å²) in [7, 11) is 3.14. The number of benzene rings is 2. The highest BCUT2D eigenvalue weighted by atomic mass is 16.5. The molecular formula is C23H27N3O4. The van der Waals surface area contributed by atoms with E-state index in [1.807, 2.05) is 43.3 Å². The second kappa shape index (κ2) is 9.35. The topological polar surface area (TPSA) is 88.7 Å². The van der Waals surface area contributed by atoms with Crippen LogP contribution in [0.4, 0.5) is 11.4 Å². The van der Waals surface area contributed by atoms with Gasteiger partial charge in [0.25, 0.3) is 5.91 Å². The molecule has 2 aromatic carbocycles. The molecule has 2 aromatic rings. The van der Waals surface area contributed by atoms with Crippen LogP contribution < -0.4 is 25.4 Å². The van der Waals surface area contributed by atoms with Crippen LogP contribution >= 0.6 is 0 Å². The van der Waals surface area contributed by atoms with Crippen molar-refractivity contribution in [1.29, 1.82) is 0 Å². The Kier molecular flexibility index (Phi) is 6.61. The fourth-order valence-corrected chi connectivity index (χ4v) is 3.39. The number of carbonyl (C=O) groups excluding carboxylic acids is 2. The average molecular weight is 409 g/mol. The molecule has 1 atom stereocenters. The molecule has 0 spiro atoms. The number of ether oxygens (including phenoxy) is 2. The molecule has 7 heteroatoms. The standard InChI is InChI=1S/C23H27N3O4/c1-14(25-17-7-5-16(6-8-17)9-10-24-15(2)27)11-19-18-12-21(29-3)22(30-4)13-20(18)26-23(19)28/h5-8,11-14,25H,9-10H2,1-4H3,(H,24,27)(H,26,28). The lowest BCUT2D eigenvalue weighted by Crippen LogP contribution is -2.22. The molecule has 30 heavy (non-hydrogen) atoms. The van der Waals surface area contributed by atoms with Crippen molar-refractivity contribution in [2.24, 2.45) is 0 Å². The number of methoxy groups -OCH3 is 2. The van der Waals surface area contributed by atoms with E-state index < -0.39 is 0 Å². The minimum Gasteiger partial charge on any atom is -0.493 e. The molecule has 0 bridgehead atoms. The number of amides is 2. The molecule has 1 heterocycles. The van der Waals surface area contributed by atoms with Gasteiger partial charge in [0, 0.05) is 42.4 Å². The Balaban J connectivity index is 1.70. The van der Waals surface area contributed by atoms with Crippen LogP contribution in [0.3, 0.4) is 0 Å². The third-order valence-corrected chi connectivity index (χ3v) is 4.86. The van der Waals surface area contributed by atoms with Crippen LogP contribution in [0, 0.1) is 0 Å². The Bertz CT molecular complexity index is 967. The van der Waals surface area contributed by atoms with Crippen LogP contribution in [0.25, 0.3) is 5.57 Å². The first kappa shape index (κ1) is 21.2. The van der Waals surface area contributed by atoms with Crippen molar-refractivity contribution in [1.82, 2.24) is 5.32 Å². The number of fused-ring (bicyclic) bond motifs is 1. The molecule has 3 N–H and O–H groups in total. The van der Waals surface area contributed by atoms with Gasteiger partial charge in [-0.1, -0.05) is 12.1 Å². The smallest absolute Gasteiger partial charge is 0.256 e. The van der Waals surface area contributed by atoms with Crippen molar-refractivity contribution < 1.29 is 19.1 Å². The Morgan fingerprint density at radius 3 is 2.43 bits per heavy atom. The van der Waals surface area contributed by atoms with E-state index in [2.05, 4.69) is 16.0 Å². The van der Waals surface area contributed by atoms with Crippen LogP contribution in [-0.4, -0.2) is 38.6 Å². The first-order valence-electron chi connectivity index (χ1n) is 9.80. The van der Waals surface area contributed by atoms with Crippen molar-refractivity contribution in [3.05, 3.63) is 53.6 Å². The first-order valence-corrected chi connectivity index (χ1v) is 9.80. The maximum Gasteiger partial charge on any atom is 0.256 e. The summed E-state index contributed by atoms with van der Waals surface area (Å²) in [6.07, 6.45) is 2.68. The monoisotopic (exact) mass is 409 g/mol. The summed E-state index contributed by atoms with van der Waals surface area (Å²) in [5.41, 5.74) is 4.19. The largest absolute Gasteiger partial charge is 0.493 e. The zero-order valence-corrected chi connectivity index (χ0v) is 17.7. The summed E-state index contributed by atoms with van der Waals surface area (Å²) in [4.78, 5) is 23.4. The van der Waals surface area contributed by atoms with Gasteiger partial charge >= 0.3 is 0 Å². The summed E-state index contributed by atoms with van der Waals surface area (Å²) in [6, 6.07) is 11.6. The third kappa shape index (κ3) is 4.92. The SMILES string of the molecule is COc1cc2c(cc1OC)C(=CC(C)Nc1ccc(CCNC(C)=O)cc1)C(=O)N2. The molecule has 0 saturated heterocycles. The molecule has 0 fully saturated rings. The van der Waals surface area contributed by atoms with Crippen molar-refractivity contribution in [3.63, 3.8) is 0 Å². The molecule has 2 amide bonds. The molecule has 1 aliphatic rings. The molecule has 3 rings (SSSR count). The molecule has 0 radical (unpaired) electrons. The average Bonchev–Trinajstić information content (AvgIpc) is 3.02. The normalized spacial score (nSPS) is 14.7. The van der Waals surface area contributed by atoms with Crippen LogP contribution in [0.2, 0.25) is 0 Å². The van der Waals surface area contributed by atoms with E-state index in [0.29, 0.717) is 29.3 Å². The van der Waals surface area contributed by atoms with E-state index in [1.165, 1.54) is 6.92 Å². The van der Waals surface area contributed by atoms with Gasteiger partial charge in [0.05, 0.1) is 19.9 Å². The highest BCUT2D eigenvalue weighted by molar-refractivity contribution is 6.31. The van der Waals surface area contributed by atoms with Crippen LogP contribution in [-0.2, 0) is 16.0 Å². The van der Waals surface area contributed by atoms with Gasteiger partial charge in [0.1, 0.15) is 0 Å². The molecular weight excluding hydrogens is 382 g/mol. The first-order chi connectivity index (χ1) is 14.4. The fourth-order valence-electron chi connectivity index (χ4n) is 3.39. The van der Waals surface area contributed by atoms with Gasteiger partial charge in [-0.15, -0.1) is 0 Å². The van der Waals surface area contributed by atoms with Crippen LogP contribution in [0.1, 0.15) is 25.0 Å². The molecule has 0 aromatic heterocycles. The molecule has 158 valence electrons. The van der Waals surface area contributed by atoms with E-state index in [4.69, 9.17) is 9.47 Å². The van der Waals surface area contributed by atoms with Gasteiger partial charge in [-0.2, -0.15) is 0 Å². The van der Waals surface area contributed by atoms with Gasteiger partial charge in [0.15, 0.2) is 11.5 Å². The maximum atomic E-state index is 12.5. The number of hydrogen-bond acceptors (Lipinski definition) is 5. The molecule has 1 aliphatic heterocycles. The fraction of sp³-hybridized carbons (Fsp3) is 0.304. The Labute approximate surface area is 176 Å². The predicted octanol–water partition coefficient (Wildman–Crippen LogP) is 3.22. The van der Waals surface area contributed by atoms with Crippen molar-refractivity contribution >= 4 is 28.8 Å². The summed E-state index contributed by atoms with van der Waals surface area (Å²) in [5, 5.41) is 9.06. The number of anilines is 2. The lowest BCUT2D eigenvalue weighted by atomic mass is 10.0. The summed E-state index contributed by atoms with van der Waals surface area (Å²) in [5.74, 6) is 0.975. The van der Waals surface area contributed by atoms with Gasteiger partial charge in [-0.25, -0.2) is 0 Å².